The Morgan fingerprint density at radius 1 is 0.960 bits per heavy atom. The number of halogens is 4. The largest absolute Gasteiger partial charge is 0.478 e. The van der Waals surface area contributed by atoms with Crippen molar-refractivity contribution in [3.63, 3.8) is 0 Å². The second kappa shape index (κ2) is 6.04. The number of carboxylic acid groups (broad SMARTS) is 1. The maximum Gasteiger partial charge on any atom is 0.335 e. The van der Waals surface area contributed by atoms with Gasteiger partial charge in [-0.25, -0.2) is 4.79 Å². The average Bonchev–Trinajstić information content (AvgIpc) is 2.53. The molecule has 130 valence electrons. The fourth-order valence-corrected chi connectivity index (χ4v) is 2.80. The molecule has 0 amide bonds. The van der Waals surface area contributed by atoms with E-state index >= 15 is 0 Å². The van der Waals surface area contributed by atoms with Gasteiger partial charge in [-0.1, -0.05) is 52.5 Å². The highest BCUT2D eigenvalue weighted by Gasteiger charge is 2.47. The zero-order valence-electron chi connectivity index (χ0n) is 12.1. The molecule has 1 aromatic heterocycles. The van der Waals surface area contributed by atoms with Gasteiger partial charge in [0.2, 0.25) is 14.3 Å². The van der Waals surface area contributed by atoms with Crippen LogP contribution in [0.4, 0.5) is 0 Å². The summed E-state index contributed by atoms with van der Waals surface area (Å²) in [4.78, 5) is 23.6. The van der Waals surface area contributed by atoms with Crippen molar-refractivity contribution in [3.05, 3.63) is 57.7 Å². The minimum Gasteiger partial charge on any atom is -0.478 e. The van der Waals surface area contributed by atoms with Crippen LogP contribution in [0, 0.1) is 0 Å². The quantitative estimate of drug-likeness (QED) is 0.473. The number of carbonyl (C=O) groups is 1. The molecule has 0 fully saturated rings. The third-order valence-electron chi connectivity index (χ3n) is 3.68. The molecule has 1 atom stereocenters. The van der Waals surface area contributed by atoms with Crippen LogP contribution >= 0.6 is 46.4 Å². The molecule has 9 heteroatoms. The lowest BCUT2D eigenvalue weighted by Gasteiger charge is -2.28. The van der Waals surface area contributed by atoms with Gasteiger partial charge in [-0.2, -0.15) is 0 Å². The van der Waals surface area contributed by atoms with E-state index in [1.54, 1.807) is 0 Å². The van der Waals surface area contributed by atoms with Gasteiger partial charge < -0.3 is 14.6 Å². The molecule has 3 aromatic rings. The normalized spacial score (nSPS) is 14.6. The first-order chi connectivity index (χ1) is 11.5. The van der Waals surface area contributed by atoms with E-state index in [4.69, 9.17) is 55.9 Å². The van der Waals surface area contributed by atoms with Gasteiger partial charge in [0.15, 0.2) is 0 Å². The van der Waals surface area contributed by atoms with E-state index in [1.165, 1.54) is 36.4 Å². The molecule has 1 unspecified atom stereocenters. The molecule has 0 saturated carbocycles. The molecule has 1 heterocycles. The number of rotatable bonds is 2. The predicted molar refractivity (Wildman–Crippen MR) is 97.0 cm³/mol. The number of alkyl halides is 4. The summed E-state index contributed by atoms with van der Waals surface area (Å²) in [6, 6.07) is 7.87. The Morgan fingerprint density at radius 2 is 1.64 bits per heavy atom. The molecule has 2 aromatic carbocycles. The fourth-order valence-electron chi connectivity index (χ4n) is 2.36. The predicted octanol–water partition coefficient (Wildman–Crippen LogP) is 4.40. The molecular formula is C16H8Cl4O5. The number of hydrogen-bond donors (Lipinski definition) is 2. The fraction of sp³-hybridized carbons (Fsp3) is 0.125. The molecule has 0 saturated heterocycles. The van der Waals surface area contributed by atoms with E-state index < -0.39 is 20.3 Å². The Labute approximate surface area is 160 Å². The zero-order chi connectivity index (χ0) is 18.6. The van der Waals surface area contributed by atoms with Crippen LogP contribution in [-0.4, -0.2) is 20.0 Å². The van der Waals surface area contributed by atoms with E-state index in [-0.39, 0.29) is 33.1 Å². The van der Waals surface area contributed by atoms with E-state index in [1.807, 2.05) is 0 Å². The zero-order valence-corrected chi connectivity index (χ0v) is 15.1. The molecule has 0 radical (unpaired) electrons. The van der Waals surface area contributed by atoms with Gasteiger partial charge in [-0.05, 0) is 30.3 Å². The summed E-state index contributed by atoms with van der Waals surface area (Å²) in [5, 5.41) is 17.2. The van der Waals surface area contributed by atoms with Crippen LogP contribution in [-0.2, 0) is 5.06 Å². The smallest absolute Gasteiger partial charge is 0.335 e. The van der Waals surface area contributed by atoms with E-state index in [0.29, 0.717) is 0 Å². The monoisotopic (exact) mass is 420 g/mol. The maximum absolute atomic E-state index is 12.6. The van der Waals surface area contributed by atoms with Crippen molar-refractivity contribution >= 4 is 74.3 Å². The number of fused-ring (bicyclic) bond motifs is 2. The van der Waals surface area contributed by atoms with Crippen LogP contribution in [0.5, 0.6) is 0 Å². The van der Waals surface area contributed by atoms with Gasteiger partial charge in [0.05, 0.1) is 16.3 Å². The van der Waals surface area contributed by atoms with Crippen molar-refractivity contribution in [2.45, 2.75) is 8.85 Å². The van der Waals surface area contributed by atoms with Crippen LogP contribution in [0.2, 0.25) is 0 Å². The number of benzene rings is 2. The first kappa shape index (κ1) is 18.3. The Morgan fingerprint density at radius 3 is 2.24 bits per heavy atom. The number of aliphatic hydroxyl groups is 1. The van der Waals surface area contributed by atoms with E-state index in [9.17, 15) is 14.7 Å². The van der Waals surface area contributed by atoms with E-state index in [2.05, 4.69) is 0 Å². The van der Waals surface area contributed by atoms with Gasteiger partial charge in [-0.3, -0.25) is 4.79 Å². The summed E-state index contributed by atoms with van der Waals surface area (Å²) in [5.41, 5.74) is -0.177. The maximum atomic E-state index is 12.6. The first-order valence-electron chi connectivity index (χ1n) is 6.75. The standard InChI is InChI=1S/C16H8Cl4O5/c17-15(24,16(18,19)20)8-2-3-9-12(6-8)25-11-4-1-7(14(22)23)5-10(11)13(9)21/h1-6,24H,(H,22,23). The highest BCUT2D eigenvalue weighted by Crippen LogP contribution is 2.48. The molecule has 3 rings (SSSR count). The van der Waals surface area contributed by atoms with Crippen LogP contribution in [0.1, 0.15) is 15.9 Å². The van der Waals surface area contributed by atoms with Crippen molar-refractivity contribution in [2.24, 2.45) is 0 Å². The second-order valence-electron chi connectivity index (χ2n) is 5.28. The molecular weight excluding hydrogens is 414 g/mol. The van der Waals surface area contributed by atoms with E-state index in [0.717, 1.165) is 0 Å². The molecule has 0 aliphatic heterocycles. The highest BCUT2D eigenvalue weighted by molar-refractivity contribution is 6.70. The third-order valence-corrected chi connectivity index (χ3v) is 5.29. The summed E-state index contributed by atoms with van der Waals surface area (Å²) in [6.45, 7) is 0. The molecule has 0 bridgehead atoms. The lowest BCUT2D eigenvalue weighted by Crippen LogP contribution is -2.34. The second-order valence-corrected chi connectivity index (χ2v) is 8.11. The molecule has 0 spiro atoms. The lowest BCUT2D eigenvalue weighted by molar-refractivity contribution is 0.0697. The van der Waals surface area contributed by atoms with Gasteiger partial charge in [0.25, 0.3) is 0 Å². The van der Waals surface area contributed by atoms with Gasteiger partial charge in [0.1, 0.15) is 11.2 Å². The Balaban J connectivity index is 2.29. The van der Waals surface area contributed by atoms with Crippen molar-refractivity contribution < 1.29 is 19.4 Å². The SMILES string of the molecule is O=C(O)c1ccc2oc3cc(C(O)(Cl)C(Cl)(Cl)Cl)ccc3c(=O)c2c1. The summed E-state index contributed by atoms with van der Waals surface area (Å²) < 4.78 is 3.39. The molecule has 0 aliphatic carbocycles. The van der Waals surface area contributed by atoms with Crippen molar-refractivity contribution in [3.8, 4) is 0 Å². The van der Waals surface area contributed by atoms with Crippen molar-refractivity contribution in [2.75, 3.05) is 0 Å². The van der Waals surface area contributed by atoms with Gasteiger partial charge in [-0.15, -0.1) is 0 Å². The average molecular weight is 422 g/mol. The van der Waals surface area contributed by atoms with Gasteiger partial charge >= 0.3 is 5.97 Å². The Kier molecular flexibility index (Phi) is 4.42. The van der Waals surface area contributed by atoms with Crippen LogP contribution < -0.4 is 5.43 Å². The van der Waals surface area contributed by atoms with Gasteiger partial charge in [0, 0.05) is 5.56 Å². The Hall–Kier alpha value is -1.50. The molecule has 5 nitrogen and oxygen atoms in total. The lowest BCUT2D eigenvalue weighted by atomic mass is 10.0. The number of carboxylic acids is 1. The summed E-state index contributed by atoms with van der Waals surface area (Å²) in [6.07, 6.45) is 0. The molecule has 0 aliphatic rings. The highest BCUT2D eigenvalue weighted by atomic mass is 35.6. The van der Waals surface area contributed by atoms with Crippen LogP contribution in [0.25, 0.3) is 21.9 Å². The van der Waals surface area contributed by atoms with Crippen molar-refractivity contribution in [1.82, 2.24) is 0 Å². The van der Waals surface area contributed by atoms with Crippen molar-refractivity contribution in [1.29, 1.82) is 0 Å². The summed E-state index contributed by atoms with van der Waals surface area (Å²) >= 11 is 23.0. The van der Waals surface area contributed by atoms with Crippen LogP contribution in [0.15, 0.2) is 45.6 Å². The van der Waals surface area contributed by atoms with Crippen LogP contribution in [0.3, 0.4) is 0 Å². The molecule has 25 heavy (non-hydrogen) atoms. The number of hydrogen-bond acceptors (Lipinski definition) is 4. The topological polar surface area (TPSA) is 87.7 Å². The Bertz CT molecular complexity index is 1070. The first-order valence-corrected chi connectivity index (χ1v) is 8.26. The summed E-state index contributed by atoms with van der Waals surface area (Å²) in [7, 11) is 0. The number of aromatic carboxylic acids is 1. The minimum absolute atomic E-state index is 0.0197. The summed E-state index contributed by atoms with van der Waals surface area (Å²) in [5.74, 6) is -1.16. The molecule has 2 N–H and O–H groups in total. The third kappa shape index (κ3) is 3.07. The minimum atomic E-state index is -2.34.